The van der Waals surface area contributed by atoms with E-state index in [1.807, 2.05) is 80.6 Å². The van der Waals surface area contributed by atoms with E-state index < -0.39 is 0 Å². The number of benzene rings is 3. The summed E-state index contributed by atoms with van der Waals surface area (Å²) in [7, 11) is 0. The van der Waals surface area contributed by atoms with E-state index >= 15 is 0 Å². The van der Waals surface area contributed by atoms with Crippen molar-refractivity contribution in [2.24, 2.45) is 0 Å². The Hall–Kier alpha value is -3.34. The number of fused-ring (bicyclic) bond motifs is 1. The van der Waals surface area contributed by atoms with Crippen LogP contribution in [0.25, 0.3) is 10.8 Å². The highest BCUT2D eigenvalue weighted by Gasteiger charge is 2.09. The molecule has 3 aromatic rings. The second-order valence-electron chi connectivity index (χ2n) is 7.18. The molecule has 3 aromatic carbocycles. The zero-order valence-electron chi connectivity index (χ0n) is 16.8. The van der Waals surface area contributed by atoms with E-state index in [1.54, 1.807) is 0 Å². The van der Waals surface area contributed by atoms with Crippen molar-refractivity contribution in [1.29, 1.82) is 0 Å². The van der Waals surface area contributed by atoms with Crippen LogP contribution in [0.1, 0.15) is 25.0 Å². The van der Waals surface area contributed by atoms with Crippen LogP contribution in [-0.4, -0.2) is 24.5 Å². The Balaban J connectivity index is 1.45. The van der Waals surface area contributed by atoms with E-state index in [2.05, 4.69) is 10.6 Å². The van der Waals surface area contributed by atoms with Crippen LogP contribution >= 0.6 is 0 Å². The lowest BCUT2D eigenvalue weighted by atomic mass is 10.0. The van der Waals surface area contributed by atoms with E-state index in [4.69, 9.17) is 4.74 Å². The van der Waals surface area contributed by atoms with Crippen molar-refractivity contribution in [3.05, 3.63) is 77.9 Å². The van der Waals surface area contributed by atoms with Crippen LogP contribution in [0.15, 0.2) is 66.7 Å². The Labute approximate surface area is 171 Å². The van der Waals surface area contributed by atoms with Gasteiger partial charge in [-0.15, -0.1) is 0 Å². The third-order valence-corrected chi connectivity index (χ3v) is 4.46. The third kappa shape index (κ3) is 6.07. The molecule has 0 bridgehead atoms. The summed E-state index contributed by atoms with van der Waals surface area (Å²) in [5.41, 5.74) is 1.92. The summed E-state index contributed by atoms with van der Waals surface area (Å²) in [6.45, 7) is 4.31. The van der Waals surface area contributed by atoms with E-state index in [1.165, 1.54) is 0 Å². The average Bonchev–Trinajstić information content (AvgIpc) is 2.71. The molecule has 0 saturated heterocycles. The molecule has 0 aromatic heterocycles. The molecule has 2 amide bonds. The van der Waals surface area contributed by atoms with Gasteiger partial charge in [0.1, 0.15) is 5.75 Å². The van der Waals surface area contributed by atoms with Crippen molar-refractivity contribution in [1.82, 2.24) is 10.6 Å². The summed E-state index contributed by atoms with van der Waals surface area (Å²) in [5, 5.41) is 7.66. The molecular formula is C24H26N2O3. The van der Waals surface area contributed by atoms with Crippen LogP contribution in [0.5, 0.6) is 5.75 Å². The Morgan fingerprint density at radius 2 is 1.59 bits per heavy atom. The van der Waals surface area contributed by atoms with Crippen LogP contribution in [0.3, 0.4) is 0 Å². The lowest BCUT2D eigenvalue weighted by molar-refractivity contribution is -0.125. The highest BCUT2D eigenvalue weighted by Crippen LogP contribution is 2.18. The summed E-state index contributed by atoms with van der Waals surface area (Å²) in [6.07, 6.45) is 0.365. The minimum atomic E-state index is -0.223. The second-order valence-corrected chi connectivity index (χ2v) is 7.18. The maximum absolute atomic E-state index is 12.3. The lowest BCUT2D eigenvalue weighted by Crippen LogP contribution is -2.37. The van der Waals surface area contributed by atoms with Crippen LogP contribution in [0.4, 0.5) is 0 Å². The highest BCUT2D eigenvalue weighted by atomic mass is 16.5. The molecule has 0 aliphatic rings. The molecule has 150 valence electrons. The largest absolute Gasteiger partial charge is 0.491 e. The Morgan fingerprint density at radius 1 is 0.862 bits per heavy atom. The number of carbonyl (C=O) groups is 2. The number of rotatable bonds is 8. The minimum absolute atomic E-state index is 0.0435. The molecule has 0 radical (unpaired) electrons. The van der Waals surface area contributed by atoms with E-state index in [0.29, 0.717) is 6.54 Å². The van der Waals surface area contributed by atoms with Gasteiger partial charge in [0.25, 0.3) is 0 Å². The fraction of sp³-hybridized carbons (Fsp3) is 0.250. The maximum Gasteiger partial charge on any atom is 0.239 e. The first-order chi connectivity index (χ1) is 14.0. The van der Waals surface area contributed by atoms with Gasteiger partial charge in [-0.2, -0.15) is 0 Å². The number of hydrogen-bond acceptors (Lipinski definition) is 3. The molecule has 0 heterocycles. The molecule has 29 heavy (non-hydrogen) atoms. The Kier molecular flexibility index (Phi) is 6.85. The number of ether oxygens (including phenoxy) is 1. The number of hydrogen-bond donors (Lipinski definition) is 2. The first kappa shape index (κ1) is 20.4. The summed E-state index contributed by atoms with van der Waals surface area (Å²) in [4.78, 5) is 24.3. The third-order valence-electron chi connectivity index (χ3n) is 4.46. The normalized spacial score (nSPS) is 10.7. The van der Waals surface area contributed by atoms with Gasteiger partial charge >= 0.3 is 0 Å². The fourth-order valence-corrected chi connectivity index (χ4v) is 3.08. The summed E-state index contributed by atoms with van der Waals surface area (Å²) in [5.74, 6) is 0.404. The standard InChI is InChI=1S/C24H26N2O3/c1-17(2)29-21-12-10-18(11-13-21)15-25-24(28)16-26-23(27)14-20-8-5-7-19-6-3-4-9-22(19)20/h3-13,17H,14-16H2,1-2H3,(H,25,28)(H,26,27). The maximum atomic E-state index is 12.3. The van der Waals surface area contributed by atoms with Crippen molar-refractivity contribution < 1.29 is 14.3 Å². The van der Waals surface area contributed by atoms with Gasteiger partial charge in [-0.1, -0.05) is 54.6 Å². The number of carbonyl (C=O) groups excluding carboxylic acids is 2. The molecule has 2 N–H and O–H groups in total. The van der Waals surface area contributed by atoms with Crippen molar-refractivity contribution in [2.75, 3.05) is 6.54 Å². The first-order valence-electron chi connectivity index (χ1n) is 9.77. The van der Waals surface area contributed by atoms with Crippen LogP contribution < -0.4 is 15.4 Å². The van der Waals surface area contributed by atoms with Gasteiger partial charge < -0.3 is 15.4 Å². The molecule has 5 nitrogen and oxygen atoms in total. The minimum Gasteiger partial charge on any atom is -0.491 e. The topological polar surface area (TPSA) is 67.4 Å². The highest BCUT2D eigenvalue weighted by molar-refractivity contribution is 5.91. The van der Waals surface area contributed by atoms with E-state index in [-0.39, 0.29) is 30.9 Å². The zero-order chi connectivity index (χ0) is 20.6. The van der Waals surface area contributed by atoms with E-state index in [0.717, 1.165) is 27.6 Å². The van der Waals surface area contributed by atoms with Crippen LogP contribution in [0, 0.1) is 0 Å². The number of amides is 2. The Bertz CT molecular complexity index is 976. The molecule has 0 atom stereocenters. The molecule has 0 aliphatic heterocycles. The fourth-order valence-electron chi connectivity index (χ4n) is 3.08. The lowest BCUT2D eigenvalue weighted by Gasteiger charge is -2.11. The molecule has 0 saturated carbocycles. The Morgan fingerprint density at radius 3 is 2.34 bits per heavy atom. The molecule has 0 spiro atoms. The zero-order valence-corrected chi connectivity index (χ0v) is 16.8. The quantitative estimate of drug-likeness (QED) is 0.618. The van der Waals surface area contributed by atoms with Gasteiger partial charge in [0.15, 0.2) is 0 Å². The molecule has 0 aliphatic carbocycles. The molecule has 5 heteroatoms. The SMILES string of the molecule is CC(C)Oc1ccc(CNC(=O)CNC(=O)Cc2cccc3ccccc23)cc1. The summed E-state index contributed by atoms with van der Waals surface area (Å²) >= 11 is 0. The van der Waals surface area contributed by atoms with Crippen molar-refractivity contribution in [3.63, 3.8) is 0 Å². The van der Waals surface area contributed by atoms with Gasteiger partial charge in [0.2, 0.25) is 11.8 Å². The monoisotopic (exact) mass is 390 g/mol. The first-order valence-corrected chi connectivity index (χ1v) is 9.77. The molecule has 3 rings (SSSR count). The number of nitrogens with one attached hydrogen (secondary N) is 2. The van der Waals surface area contributed by atoms with Crippen LogP contribution in [-0.2, 0) is 22.6 Å². The summed E-state index contributed by atoms with van der Waals surface area (Å²) < 4.78 is 5.60. The smallest absolute Gasteiger partial charge is 0.239 e. The van der Waals surface area contributed by atoms with Gasteiger partial charge in [0.05, 0.1) is 19.1 Å². The molecular weight excluding hydrogens is 364 g/mol. The van der Waals surface area contributed by atoms with Crippen molar-refractivity contribution in [3.8, 4) is 5.75 Å². The van der Waals surface area contributed by atoms with Gasteiger partial charge in [-0.25, -0.2) is 0 Å². The van der Waals surface area contributed by atoms with E-state index in [9.17, 15) is 9.59 Å². The van der Waals surface area contributed by atoms with Crippen molar-refractivity contribution >= 4 is 22.6 Å². The molecule has 0 fully saturated rings. The predicted octanol–water partition coefficient (Wildman–Crippen LogP) is 3.60. The summed E-state index contributed by atoms with van der Waals surface area (Å²) in [6, 6.07) is 21.4. The average molecular weight is 390 g/mol. The van der Waals surface area contributed by atoms with Crippen LogP contribution in [0.2, 0.25) is 0 Å². The van der Waals surface area contributed by atoms with Gasteiger partial charge in [0, 0.05) is 6.54 Å². The van der Waals surface area contributed by atoms with Gasteiger partial charge in [-0.3, -0.25) is 9.59 Å². The van der Waals surface area contributed by atoms with Gasteiger partial charge in [-0.05, 0) is 47.9 Å². The molecule has 0 unspecified atom stereocenters. The second kappa shape index (κ2) is 9.73. The van der Waals surface area contributed by atoms with Crippen molar-refractivity contribution in [2.45, 2.75) is 32.9 Å². The predicted molar refractivity (Wildman–Crippen MR) is 115 cm³/mol.